The number of pyridine rings is 1. The van der Waals surface area contributed by atoms with Gasteiger partial charge >= 0.3 is 6.09 Å². The van der Waals surface area contributed by atoms with E-state index >= 15 is 0 Å². The van der Waals surface area contributed by atoms with Gasteiger partial charge in [-0.1, -0.05) is 60.7 Å². The number of aldehydes is 1. The number of hydrogen-bond donors (Lipinski definition) is 1. The molecule has 5 nitrogen and oxygen atoms in total. The number of hydrogen-bond acceptors (Lipinski definition) is 4. The summed E-state index contributed by atoms with van der Waals surface area (Å²) in [4.78, 5) is 27.1. The highest BCUT2D eigenvalue weighted by atomic mass is 16.5. The zero-order valence-electron chi connectivity index (χ0n) is 16.5. The highest BCUT2D eigenvalue weighted by Crippen LogP contribution is 2.44. The number of ether oxygens (including phenoxy) is 1. The molecule has 1 aromatic heterocycles. The molecule has 0 bridgehead atoms. The van der Waals surface area contributed by atoms with Crippen LogP contribution in [0.25, 0.3) is 17.2 Å². The summed E-state index contributed by atoms with van der Waals surface area (Å²) in [7, 11) is 0. The van der Waals surface area contributed by atoms with E-state index in [9.17, 15) is 9.59 Å². The van der Waals surface area contributed by atoms with Crippen LogP contribution in [-0.4, -0.2) is 30.5 Å². The molecule has 1 heterocycles. The standard InChI is InChI=1S/C25H22N2O3/c28-16-19-10-7-9-18(27-19)8-5-6-15-26-25(29)30-17-24-22-13-3-1-11-20(22)21-12-2-4-14-23(21)24/h1-5,7-14,16,24H,6,15,17H2,(H,26,29). The Morgan fingerprint density at radius 1 is 0.933 bits per heavy atom. The second kappa shape index (κ2) is 9.18. The third-order valence-electron chi connectivity index (χ3n) is 5.13. The van der Waals surface area contributed by atoms with Crippen LogP contribution in [0.2, 0.25) is 0 Å². The first-order valence-electron chi connectivity index (χ1n) is 9.94. The lowest BCUT2D eigenvalue weighted by molar-refractivity contribution is 0.111. The minimum absolute atomic E-state index is 0.0548. The molecule has 0 radical (unpaired) electrons. The van der Waals surface area contributed by atoms with Gasteiger partial charge < -0.3 is 10.1 Å². The Balaban J connectivity index is 1.27. The molecule has 4 rings (SSSR count). The molecule has 150 valence electrons. The largest absolute Gasteiger partial charge is 0.449 e. The molecule has 0 spiro atoms. The van der Waals surface area contributed by atoms with Crippen LogP contribution < -0.4 is 5.32 Å². The van der Waals surface area contributed by atoms with E-state index in [2.05, 4.69) is 34.6 Å². The number of rotatable bonds is 7. The maximum absolute atomic E-state index is 12.1. The van der Waals surface area contributed by atoms with Crippen molar-refractivity contribution in [1.29, 1.82) is 0 Å². The fourth-order valence-corrected chi connectivity index (χ4v) is 3.74. The molecule has 5 heteroatoms. The Bertz CT molecular complexity index is 1050. The SMILES string of the molecule is O=Cc1cccc(C=CCCNC(=O)OCC2c3ccccc3-c3ccccc32)n1. The number of carbonyl (C=O) groups excluding carboxylic acids is 2. The summed E-state index contributed by atoms with van der Waals surface area (Å²) in [6.45, 7) is 0.763. The molecule has 3 aromatic rings. The quantitative estimate of drug-likeness (QED) is 0.457. The van der Waals surface area contributed by atoms with Crippen molar-refractivity contribution in [3.8, 4) is 11.1 Å². The fourth-order valence-electron chi connectivity index (χ4n) is 3.74. The Labute approximate surface area is 175 Å². The van der Waals surface area contributed by atoms with Gasteiger partial charge in [-0.25, -0.2) is 9.78 Å². The number of amides is 1. The molecule has 1 amide bonds. The first-order valence-corrected chi connectivity index (χ1v) is 9.94. The molecule has 1 aliphatic carbocycles. The van der Waals surface area contributed by atoms with Crippen molar-refractivity contribution in [3.63, 3.8) is 0 Å². The normalized spacial score (nSPS) is 12.4. The number of aromatic nitrogens is 1. The van der Waals surface area contributed by atoms with E-state index in [-0.39, 0.29) is 5.92 Å². The highest BCUT2D eigenvalue weighted by molar-refractivity contribution is 5.79. The lowest BCUT2D eigenvalue weighted by Crippen LogP contribution is -2.26. The van der Waals surface area contributed by atoms with Gasteiger partial charge in [-0.05, 0) is 46.9 Å². The summed E-state index contributed by atoms with van der Waals surface area (Å²) in [5, 5.41) is 2.77. The predicted octanol–water partition coefficient (Wildman–Crippen LogP) is 4.84. The molecule has 0 unspecified atom stereocenters. The van der Waals surface area contributed by atoms with Gasteiger partial charge in [0.15, 0.2) is 6.29 Å². The average Bonchev–Trinajstić information content (AvgIpc) is 3.11. The first kappa shape index (κ1) is 19.6. The molecule has 1 aliphatic rings. The fraction of sp³-hybridized carbons (Fsp3) is 0.160. The van der Waals surface area contributed by atoms with E-state index in [1.54, 1.807) is 12.1 Å². The van der Waals surface area contributed by atoms with Crippen LogP contribution in [-0.2, 0) is 4.74 Å². The predicted molar refractivity (Wildman–Crippen MR) is 116 cm³/mol. The number of alkyl carbamates (subject to hydrolysis) is 1. The maximum atomic E-state index is 12.1. The van der Waals surface area contributed by atoms with E-state index in [1.807, 2.05) is 42.5 Å². The molecule has 0 fully saturated rings. The van der Waals surface area contributed by atoms with Crippen molar-refractivity contribution in [3.05, 3.63) is 95.3 Å². The van der Waals surface area contributed by atoms with Gasteiger partial charge in [-0.3, -0.25) is 4.79 Å². The van der Waals surface area contributed by atoms with Crippen molar-refractivity contribution in [1.82, 2.24) is 10.3 Å². The van der Waals surface area contributed by atoms with Crippen molar-refractivity contribution in [2.45, 2.75) is 12.3 Å². The molecule has 30 heavy (non-hydrogen) atoms. The Morgan fingerprint density at radius 3 is 2.30 bits per heavy atom. The Hall–Kier alpha value is -3.73. The molecule has 0 saturated carbocycles. The summed E-state index contributed by atoms with van der Waals surface area (Å²) >= 11 is 0. The third-order valence-corrected chi connectivity index (χ3v) is 5.13. The van der Waals surface area contributed by atoms with E-state index in [0.717, 1.165) is 6.29 Å². The lowest BCUT2D eigenvalue weighted by Gasteiger charge is -2.14. The average molecular weight is 398 g/mol. The third kappa shape index (κ3) is 4.30. The number of nitrogens with one attached hydrogen (secondary N) is 1. The number of fused-ring (bicyclic) bond motifs is 3. The molecular weight excluding hydrogens is 376 g/mol. The van der Waals surface area contributed by atoms with Gasteiger partial charge in [0.05, 0.1) is 5.69 Å². The van der Waals surface area contributed by atoms with Crippen LogP contribution in [0.5, 0.6) is 0 Å². The van der Waals surface area contributed by atoms with Crippen LogP contribution >= 0.6 is 0 Å². The zero-order chi connectivity index (χ0) is 20.8. The van der Waals surface area contributed by atoms with Crippen molar-refractivity contribution >= 4 is 18.5 Å². The minimum atomic E-state index is -0.425. The Kier molecular flexibility index (Phi) is 5.99. The number of benzene rings is 2. The summed E-state index contributed by atoms with van der Waals surface area (Å²) in [6, 6.07) is 21.8. The van der Waals surface area contributed by atoms with Gasteiger partial charge in [-0.2, -0.15) is 0 Å². The van der Waals surface area contributed by atoms with Crippen molar-refractivity contribution < 1.29 is 14.3 Å². The van der Waals surface area contributed by atoms with Gasteiger partial charge in [0.25, 0.3) is 0 Å². The molecular formula is C25H22N2O3. The smallest absolute Gasteiger partial charge is 0.407 e. The van der Waals surface area contributed by atoms with E-state index in [1.165, 1.54) is 22.3 Å². The van der Waals surface area contributed by atoms with Crippen LogP contribution in [0.15, 0.2) is 72.8 Å². The van der Waals surface area contributed by atoms with Gasteiger partial charge in [0.1, 0.15) is 12.3 Å². The van der Waals surface area contributed by atoms with Crippen LogP contribution in [0.4, 0.5) is 4.79 Å². The summed E-state index contributed by atoms with van der Waals surface area (Å²) in [5.41, 5.74) is 5.91. The molecule has 0 saturated heterocycles. The second-order valence-corrected chi connectivity index (χ2v) is 7.05. The first-order chi connectivity index (χ1) is 14.8. The monoisotopic (exact) mass is 398 g/mol. The zero-order valence-corrected chi connectivity index (χ0v) is 16.5. The van der Waals surface area contributed by atoms with E-state index < -0.39 is 6.09 Å². The topological polar surface area (TPSA) is 68.3 Å². The van der Waals surface area contributed by atoms with Crippen molar-refractivity contribution in [2.24, 2.45) is 0 Å². The van der Waals surface area contributed by atoms with E-state index in [0.29, 0.717) is 31.0 Å². The van der Waals surface area contributed by atoms with E-state index in [4.69, 9.17) is 4.74 Å². The lowest BCUT2D eigenvalue weighted by atomic mass is 9.98. The molecule has 0 atom stereocenters. The molecule has 2 aromatic carbocycles. The highest BCUT2D eigenvalue weighted by Gasteiger charge is 2.28. The van der Waals surface area contributed by atoms with Crippen molar-refractivity contribution in [2.75, 3.05) is 13.2 Å². The van der Waals surface area contributed by atoms with Gasteiger partial charge in [-0.15, -0.1) is 0 Å². The minimum Gasteiger partial charge on any atom is -0.449 e. The van der Waals surface area contributed by atoms with Crippen LogP contribution in [0.3, 0.4) is 0 Å². The van der Waals surface area contributed by atoms with Crippen LogP contribution in [0.1, 0.15) is 39.6 Å². The summed E-state index contributed by atoms with van der Waals surface area (Å²) in [6.07, 6.45) is 4.66. The maximum Gasteiger partial charge on any atom is 0.407 e. The summed E-state index contributed by atoms with van der Waals surface area (Å²) < 4.78 is 5.51. The summed E-state index contributed by atoms with van der Waals surface area (Å²) in [5.74, 6) is 0.0548. The second-order valence-electron chi connectivity index (χ2n) is 7.05. The van der Waals surface area contributed by atoms with Gasteiger partial charge in [0, 0.05) is 12.5 Å². The number of carbonyl (C=O) groups is 2. The molecule has 0 aliphatic heterocycles. The van der Waals surface area contributed by atoms with Crippen LogP contribution in [0, 0.1) is 0 Å². The Morgan fingerprint density at radius 2 is 1.60 bits per heavy atom. The molecule has 1 N–H and O–H groups in total. The number of nitrogens with zero attached hydrogens (tertiary/aromatic N) is 1. The van der Waals surface area contributed by atoms with Gasteiger partial charge in [0.2, 0.25) is 0 Å².